The zero-order valence-corrected chi connectivity index (χ0v) is 8.32. The molecule has 14 heavy (non-hydrogen) atoms. The number of ketones is 1. The first-order valence-electron chi connectivity index (χ1n) is 4.17. The minimum atomic E-state index is -0.707. The second-order valence-electron chi connectivity index (χ2n) is 2.88. The van der Waals surface area contributed by atoms with Crippen LogP contribution in [0.2, 0.25) is 0 Å². The zero-order chi connectivity index (χ0) is 11.1. The van der Waals surface area contributed by atoms with E-state index in [1.807, 2.05) is 0 Å². The molecule has 0 rings (SSSR count). The van der Waals surface area contributed by atoms with Crippen molar-refractivity contribution < 1.29 is 19.4 Å². The smallest absolute Gasteiger partial charge is 0.333 e. The molecule has 1 unspecified atom stereocenters. The Morgan fingerprint density at radius 1 is 1.57 bits per heavy atom. The van der Waals surface area contributed by atoms with E-state index in [1.165, 1.54) is 13.8 Å². The molecule has 0 aliphatic carbocycles. The Labute approximate surface area is 82.9 Å². The minimum absolute atomic E-state index is 0.0771. The largest absolute Gasteiger partial charge is 0.460 e. The van der Waals surface area contributed by atoms with E-state index in [-0.39, 0.29) is 18.0 Å². The van der Waals surface area contributed by atoms with E-state index in [4.69, 9.17) is 5.11 Å². The summed E-state index contributed by atoms with van der Waals surface area (Å²) in [7, 11) is 0. The Balaban J connectivity index is 4.18. The van der Waals surface area contributed by atoms with E-state index >= 15 is 0 Å². The van der Waals surface area contributed by atoms with Crippen molar-refractivity contribution in [2.45, 2.75) is 20.0 Å². The van der Waals surface area contributed by atoms with Crippen LogP contribution in [-0.4, -0.2) is 29.6 Å². The molecule has 0 bridgehead atoms. The van der Waals surface area contributed by atoms with Crippen molar-refractivity contribution in [1.82, 2.24) is 0 Å². The predicted octanol–water partition coefficient (Wildman–Crippen LogP) is 0.612. The van der Waals surface area contributed by atoms with Gasteiger partial charge in [0.15, 0.2) is 5.78 Å². The number of hydrogen-bond acceptors (Lipinski definition) is 4. The summed E-state index contributed by atoms with van der Waals surface area (Å²) in [6, 6.07) is 0. The maximum atomic E-state index is 11.1. The molecule has 0 aromatic rings. The van der Waals surface area contributed by atoms with Crippen molar-refractivity contribution in [2.24, 2.45) is 0 Å². The first-order valence-corrected chi connectivity index (χ1v) is 4.17. The summed E-state index contributed by atoms with van der Waals surface area (Å²) in [5.74, 6) is -0.961. The molecule has 0 radical (unpaired) electrons. The number of ether oxygens (including phenoxy) is 1. The maximum absolute atomic E-state index is 11.1. The van der Waals surface area contributed by atoms with E-state index < -0.39 is 12.1 Å². The summed E-state index contributed by atoms with van der Waals surface area (Å²) in [6.45, 7) is 6.15. The third-order valence-corrected chi connectivity index (χ3v) is 1.34. The van der Waals surface area contributed by atoms with E-state index in [0.717, 1.165) is 12.2 Å². The Morgan fingerprint density at radius 3 is 2.57 bits per heavy atom. The summed E-state index contributed by atoms with van der Waals surface area (Å²) >= 11 is 0. The van der Waals surface area contributed by atoms with E-state index in [2.05, 4.69) is 11.3 Å². The molecule has 0 heterocycles. The van der Waals surface area contributed by atoms with Crippen molar-refractivity contribution in [3.05, 3.63) is 24.3 Å². The SMILES string of the molecule is C=CC(=O)/C=C(\C)C(=O)OCC(C)O. The van der Waals surface area contributed by atoms with Crippen molar-refractivity contribution >= 4 is 11.8 Å². The average Bonchev–Trinajstić information content (AvgIpc) is 2.13. The number of aliphatic hydroxyl groups is 1. The molecule has 0 aromatic heterocycles. The number of hydrogen-bond donors (Lipinski definition) is 1. The van der Waals surface area contributed by atoms with Gasteiger partial charge in [-0.25, -0.2) is 4.79 Å². The number of aliphatic hydroxyl groups excluding tert-OH is 1. The van der Waals surface area contributed by atoms with Crippen LogP contribution in [0, 0.1) is 0 Å². The maximum Gasteiger partial charge on any atom is 0.333 e. The molecule has 0 aromatic carbocycles. The number of esters is 1. The molecular weight excluding hydrogens is 184 g/mol. The van der Waals surface area contributed by atoms with Gasteiger partial charge in [0.05, 0.1) is 6.10 Å². The van der Waals surface area contributed by atoms with Crippen LogP contribution < -0.4 is 0 Å². The van der Waals surface area contributed by atoms with E-state index in [1.54, 1.807) is 0 Å². The van der Waals surface area contributed by atoms with Crippen LogP contribution in [0.3, 0.4) is 0 Å². The monoisotopic (exact) mass is 198 g/mol. The van der Waals surface area contributed by atoms with Gasteiger partial charge in [-0.3, -0.25) is 4.79 Å². The van der Waals surface area contributed by atoms with Crippen molar-refractivity contribution in [2.75, 3.05) is 6.61 Å². The third kappa shape index (κ3) is 5.27. The Morgan fingerprint density at radius 2 is 2.14 bits per heavy atom. The Kier molecular flexibility index (Phi) is 5.48. The molecule has 1 atom stereocenters. The van der Waals surface area contributed by atoms with E-state index in [0.29, 0.717) is 0 Å². The molecule has 4 heteroatoms. The molecule has 0 saturated heterocycles. The van der Waals surface area contributed by atoms with Gasteiger partial charge in [-0.15, -0.1) is 0 Å². The molecule has 0 amide bonds. The second kappa shape index (κ2) is 6.10. The molecule has 0 saturated carbocycles. The minimum Gasteiger partial charge on any atom is -0.460 e. The first kappa shape index (κ1) is 12.6. The molecule has 0 aliphatic heterocycles. The highest BCUT2D eigenvalue weighted by atomic mass is 16.5. The second-order valence-corrected chi connectivity index (χ2v) is 2.88. The number of rotatable bonds is 5. The number of carbonyl (C=O) groups is 2. The summed E-state index contributed by atoms with van der Waals surface area (Å²) < 4.78 is 4.67. The van der Waals surface area contributed by atoms with Crippen LogP contribution in [-0.2, 0) is 14.3 Å². The summed E-state index contributed by atoms with van der Waals surface area (Å²) in [5.41, 5.74) is 0.190. The van der Waals surface area contributed by atoms with Crippen molar-refractivity contribution in [3.63, 3.8) is 0 Å². The van der Waals surface area contributed by atoms with Crippen LogP contribution in [0.1, 0.15) is 13.8 Å². The number of allylic oxidation sites excluding steroid dienone is 2. The van der Waals surface area contributed by atoms with Crippen molar-refractivity contribution in [3.8, 4) is 0 Å². The Bertz CT molecular complexity index is 263. The van der Waals surface area contributed by atoms with Gasteiger partial charge in [-0.05, 0) is 26.0 Å². The molecule has 0 spiro atoms. The average molecular weight is 198 g/mol. The highest BCUT2D eigenvalue weighted by Gasteiger charge is 2.08. The van der Waals surface area contributed by atoms with Gasteiger partial charge in [0.25, 0.3) is 0 Å². The zero-order valence-electron chi connectivity index (χ0n) is 8.32. The summed E-state index contributed by atoms with van der Waals surface area (Å²) in [5, 5.41) is 8.83. The van der Waals surface area contributed by atoms with Gasteiger partial charge in [-0.1, -0.05) is 6.58 Å². The number of carbonyl (C=O) groups excluding carboxylic acids is 2. The lowest BCUT2D eigenvalue weighted by atomic mass is 10.2. The van der Waals surface area contributed by atoms with Gasteiger partial charge in [-0.2, -0.15) is 0 Å². The van der Waals surface area contributed by atoms with Gasteiger partial charge in [0.1, 0.15) is 6.61 Å². The normalized spacial score (nSPS) is 13.2. The Hall–Kier alpha value is -1.42. The lowest BCUT2D eigenvalue weighted by Gasteiger charge is -2.05. The first-order chi connectivity index (χ1) is 6.47. The van der Waals surface area contributed by atoms with Crippen molar-refractivity contribution in [1.29, 1.82) is 0 Å². The van der Waals surface area contributed by atoms with Crippen LogP contribution >= 0.6 is 0 Å². The fourth-order valence-electron chi connectivity index (χ4n) is 0.641. The highest BCUT2D eigenvalue weighted by Crippen LogP contribution is 1.98. The molecule has 0 fully saturated rings. The standard InChI is InChI=1S/C10H14O4/c1-4-9(12)5-7(2)10(13)14-6-8(3)11/h4-5,8,11H,1,6H2,2-3H3/b7-5+. The fourth-order valence-corrected chi connectivity index (χ4v) is 0.641. The van der Waals surface area contributed by atoms with Crippen LogP contribution in [0.25, 0.3) is 0 Å². The van der Waals surface area contributed by atoms with Gasteiger partial charge in [0.2, 0.25) is 0 Å². The lowest BCUT2D eigenvalue weighted by molar-refractivity contribution is -0.141. The highest BCUT2D eigenvalue weighted by molar-refractivity contribution is 6.04. The van der Waals surface area contributed by atoms with Crippen LogP contribution in [0.4, 0.5) is 0 Å². The molecule has 1 N–H and O–H groups in total. The molecular formula is C10H14O4. The fraction of sp³-hybridized carbons (Fsp3) is 0.400. The van der Waals surface area contributed by atoms with Gasteiger partial charge >= 0.3 is 5.97 Å². The van der Waals surface area contributed by atoms with E-state index in [9.17, 15) is 9.59 Å². The van der Waals surface area contributed by atoms with Crippen LogP contribution in [0.5, 0.6) is 0 Å². The third-order valence-electron chi connectivity index (χ3n) is 1.34. The van der Waals surface area contributed by atoms with Gasteiger partial charge < -0.3 is 9.84 Å². The lowest BCUT2D eigenvalue weighted by Crippen LogP contribution is -2.16. The quantitative estimate of drug-likeness (QED) is 0.519. The van der Waals surface area contributed by atoms with Gasteiger partial charge in [0, 0.05) is 5.57 Å². The molecule has 4 nitrogen and oxygen atoms in total. The summed E-state index contributed by atoms with van der Waals surface area (Å²) in [6.07, 6.45) is 1.53. The predicted molar refractivity (Wildman–Crippen MR) is 51.6 cm³/mol. The topological polar surface area (TPSA) is 63.6 Å². The molecule has 0 aliphatic rings. The summed E-state index contributed by atoms with van der Waals surface area (Å²) in [4.78, 5) is 21.9. The van der Waals surface area contributed by atoms with Crippen LogP contribution in [0.15, 0.2) is 24.3 Å². The molecule has 78 valence electrons.